The molecule has 0 amide bonds. The molecule has 0 saturated heterocycles. The highest BCUT2D eigenvalue weighted by atomic mass is 17.0. The molecular formula is C19H34N2O3. The van der Waals surface area contributed by atoms with Gasteiger partial charge in [0.2, 0.25) is 0 Å². The van der Waals surface area contributed by atoms with Crippen LogP contribution in [0.3, 0.4) is 0 Å². The maximum Gasteiger partial charge on any atom is 0.294 e. The highest BCUT2D eigenvalue weighted by molar-refractivity contribution is 5.18. The first-order valence-corrected chi connectivity index (χ1v) is 9.81. The van der Waals surface area contributed by atoms with Crippen LogP contribution in [0, 0.1) is 31.8 Å². The minimum absolute atomic E-state index is 0.0300. The highest BCUT2D eigenvalue weighted by Gasteiger charge is 2.68. The summed E-state index contributed by atoms with van der Waals surface area (Å²) >= 11 is 0. The molecule has 4 saturated carbocycles. The molecule has 0 aliphatic heterocycles. The van der Waals surface area contributed by atoms with Gasteiger partial charge < -0.3 is 10.6 Å². The van der Waals surface area contributed by atoms with Gasteiger partial charge in [-0.05, 0) is 79.6 Å². The van der Waals surface area contributed by atoms with Gasteiger partial charge in [0.05, 0.1) is 0 Å². The van der Waals surface area contributed by atoms with E-state index in [0.29, 0.717) is 10.8 Å². The third-order valence-corrected chi connectivity index (χ3v) is 7.87. The summed E-state index contributed by atoms with van der Waals surface area (Å²) in [6, 6.07) is 0. The maximum absolute atomic E-state index is 11.1. The summed E-state index contributed by atoms with van der Waals surface area (Å²) in [7, 11) is 0. The molecule has 24 heavy (non-hydrogen) atoms. The molecule has 0 spiro atoms. The number of hydrogen-bond acceptors (Lipinski definition) is 4. The van der Waals surface area contributed by atoms with Gasteiger partial charge in [0, 0.05) is 0 Å². The normalized spacial score (nSPS) is 44.5. The molecule has 138 valence electrons. The zero-order valence-corrected chi connectivity index (χ0v) is 15.6. The summed E-state index contributed by atoms with van der Waals surface area (Å²) in [4.78, 5) is 16.4. The van der Waals surface area contributed by atoms with Crippen molar-refractivity contribution in [3.05, 3.63) is 10.1 Å². The predicted molar refractivity (Wildman–Crippen MR) is 93.8 cm³/mol. The highest BCUT2D eigenvalue weighted by Crippen LogP contribution is 2.77. The Bertz CT molecular complexity index is 487. The van der Waals surface area contributed by atoms with Gasteiger partial charge in [0.15, 0.2) is 0 Å². The summed E-state index contributed by atoms with van der Waals surface area (Å²) in [6.07, 6.45) is 11.0. The Labute approximate surface area is 145 Å². The largest absolute Gasteiger partial charge is 0.330 e. The van der Waals surface area contributed by atoms with E-state index in [2.05, 4.69) is 13.8 Å². The van der Waals surface area contributed by atoms with Crippen LogP contribution >= 0.6 is 0 Å². The number of nitrogens with two attached hydrogens (primary N) is 1. The lowest BCUT2D eigenvalue weighted by atomic mass is 9.33. The molecule has 3 atom stereocenters. The molecule has 4 aliphatic carbocycles. The fourth-order valence-corrected chi connectivity index (χ4v) is 7.76. The van der Waals surface area contributed by atoms with Gasteiger partial charge in [-0.15, -0.1) is 10.1 Å². The van der Waals surface area contributed by atoms with Crippen molar-refractivity contribution >= 4 is 0 Å². The van der Waals surface area contributed by atoms with Crippen molar-refractivity contribution in [2.45, 2.75) is 91.1 Å². The molecule has 4 fully saturated rings. The van der Waals surface area contributed by atoms with E-state index in [9.17, 15) is 10.1 Å². The fourth-order valence-electron chi connectivity index (χ4n) is 7.76. The van der Waals surface area contributed by atoms with Gasteiger partial charge in [-0.3, -0.25) is 0 Å². The SMILES string of the molecule is CCC(O[N+](=O)[O-])C12CC3(CC)CC(CC)(CC(CCN)(C3)C1)C2. The van der Waals surface area contributed by atoms with Crippen molar-refractivity contribution in [2.24, 2.45) is 27.4 Å². The Balaban J connectivity index is 2.05. The summed E-state index contributed by atoms with van der Waals surface area (Å²) < 4.78 is 0. The molecule has 4 bridgehead atoms. The zero-order valence-electron chi connectivity index (χ0n) is 15.6. The van der Waals surface area contributed by atoms with E-state index >= 15 is 0 Å². The van der Waals surface area contributed by atoms with E-state index in [0.717, 1.165) is 38.6 Å². The second kappa shape index (κ2) is 5.86. The Hall–Kier alpha value is -0.840. The van der Waals surface area contributed by atoms with E-state index in [-0.39, 0.29) is 16.9 Å². The molecule has 5 heteroatoms. The van der Waals surface area contributed by atoms with Crippen LogP contribution in [0.1, 0.15) is 85.0 Å². The van der Waals surface area contributed by atoms with Crippen LogP contribution in [-0.2, 0) is 4.84 Å². The lowest BCUT2D eigenvalue weighted by molar-refractivity contribution is -0.774. The van der Waals surface area contributed by atoms with Crippen molar-refractivity contribution in [3.8, 4) is 0 Å². The fraction of sp³-hybridized carbons (Fsp3) is 1.00. The van der Waals surface area contributed by atoms with Gasteiger partial charge in [0.25, 0.3) is 5.09 Å². The first-order chi connectivity index (χ1) is 11.3. The van der Waals surface area contributed by atoms with E-state index in [1.54, 1.807) is 0 Å². The second-order valence-electron chi connectivity index (χ2n) is 9.39. The lowest BCUT2D eigenvalue weighted by Gasteiger charge is -2.72. The van der Waals surface area contributed by atoms with Crippen molar-refractivity contribution in [1.29, 1.82) is 0 Å². The summed E-state index contributed by atoms with van der Waals surface area (Å²) in [5.41, 5.74) is 6.94. The van der Waals surface area contributed by atoms with Crippen molar-refractivity contribution in [1.82, 2.24) is 0 Å². The Morgan fingerprint density at radius 1 is 1.00 bits per heavy atom. The first-order valence-electron chi connectivity index (χ1n) is 9.81. The van der Waals surface area contributed by atoms with Crippen molar-refractivity contribution in [2.75, 3.05) is 6.54 Å². The van der Waals surface area contributed by atoms with Gasteiger partial charge in [-0.1, -0.05) is 33.6 Å². The summed E-state index contributed by atoms with van der Waals surface area (Å²) in [6.45, 7) is 7.40. The van der Waals surface area contributed by atoms with Crippen LogP contribution in [-0.4, -0.2) is 17.7 Å². The molecule has 3 unspecified atom stereocenters. The van der Waals surface area contributed by atoms with Crippen LogP contribution in [0.4, 0.5) is 0 Å². The average Bonchev–Trinajstić information content (AvgIpc) is 2.51. The van der Waals surface area contributed by atoms with Crippen LogP contribution in [0.2, 0.25) is 0 Å². The van der Waals surface area contributed by atoms with Crippen molar-refractivity contribution in [3.63, 3.8) is 0 Å². The topological polar surface area (TPSA) is 78.4 Å². The quantitative estimate of drug-likeness (QED) is 0.523. The van der Waals surface area contributed by atoms with Crippen LogP contribution in [0.25, 0.3) is 0 Å². The molecular weight excluding hydrogens is 304 g/mol. The minimum atomic E-state index is -0.556. The molecule has 4 rings (SSSR count). The third kappa shape index (κ3) is 2.63. The third-order valence-electron chi connectivity index (χ3n) is 7.87. The van der Waals surface area contributed by atoms with Crippen LogP contribution in [0.5, 0.6) is 0 Å². The van der Waals surface area contributed by atoms with Gasteiger partial charge in [-0.25, -0.2) is 0 Å². The number of rotatable bonds is 8. The van der Waals surface area contributed by atoms with Crippen LogP contribution < -0.4 is 5.73 Å². The molecule has 2 N–H and O–H groups in total. The maximum atomic E-state index is 11.1. The molecule has 4 aliphatic rings. The zero-order chi connectivity index (χ0) is 17.6. The lowest BCUT2D eigenvalue weighted by Crippen LogP contribution is -2.64. The molecule has 0 heterocycles. The van der Waals surface area contributed by atoms with E-state index in [1.807, 2.05) is 6.92 Å². The molecule has 0 aromatic carbocycles. The first kappa shape index (κ1) is 18.0. The van der Waals surface area contributed by atoms with E-state index < -0.39 is 5.09 Å². The molecule has 5 nitrogen and oxygen atoms in total. The molecule has 0 aromatic heterocycles. The second-order valence-corrected chi connectivity index (χ2v) is 9.39. The monoisotopic (exact) mass is 338 g/mol. The standard InChI is InChI=1S/C19H34N2O3/c1-4-15(24-21(22)23)19-12-16(5-2)9-17(6-3,13-19)11-18(10-16,14-19)7-8-20/h15H,4-14,20H2,1-3H3. The van der Waals surface area contributed by atoms with Crippen LogP contribution in [0.15, 0.2) is 0 Å². The average molecular weight is 338 g/mol. The predicted octanol–water partition coefficient (Wildman–Crippen LogP) is 4.47. The Morgan fingerprint density at radius 2 is 1.50 bits per heavy atom. The minimum Gasteiger partial charge on any atom is -0.330 e. The van der Waals surface area contributed by atoms with Gasteiger partial charge >= 0.3 is 0 Å². The number of hydrogen-bond donors (Lipinski definition) is 1. The molecule has 0 radical (unpaired) electrons. The summed E-state index contributed by atoms with van der Waals surface area (Å²) in [5, 5.41) is 10.6. The molecule has 0 aromatic rings. The number of nitrogens with zero attached hydrogens (tertiary/aromatic N) is 1. The van der Waals surface area contributed by atoms with Gasteiger partial charge in [0.1, 0.15) is 6.10 Å². The van der Waals surface area contributed by atoms with Gasteiger partial charge in [-0.2, -0.15) is 0 Å². The van der Waals surface area contributed by atoms with Crippen molar-refractivity contribution < 1.29 is 9.92 Å². The van der Waals surface area contributed by atoms with E-state index in [4.69, 9.17) is 10.6 Å². The Morgan fingerprint density at radius 3 is 1.92 bits per heavy atom. The Kier molecular flexibility index (Phi) is 4.38. The summed E-state index contributed by atoms with van der Waals surface area (Å²) in [5.74, 6) is 0. The van der Waals surface area contributed by atoms with E-state index in [1.165, 1.54) is 32.1 Å². The smallest absolute Gasteiger partial charge is 0.294 e.